The van der Waals surface area contributed by atoms with Gasteiger partial charge in [-0.3, -0.25) is 10.1 Å². The molecule has 0 saturated carbocycles. The highest BCUT2D eigenvalue weighted by atomic mass is 79.9. The molecule has 0 aliphatic rings. The van der Waals surface area contributed by atoms with E-state index in [1.165, 1.54) is 5.56 Å². The van der Waals surface area contributed by atoms with Crippen molar-refractivity contribution in [2.75, 3.05) is 12.4 Å². The molecule has 1 heterocycles. The molecule has 0 aliphatic heterocycles. The van der Waals surface area contributed by atoms with E-state index in [0.29, 0.717) is 43.9 Å². The van der Waals surface area contributed by atoms with Crippen LogP contribution in [0.2, 0.25) is 5.02 Å². The first kappa shape index (κ1) is 25.2. The minimum Gasteiger partial charge on any atom is -0.496 e. The van der Waals surface area contributed by atoms with E-state index >= 15 is 0 Å². The number of amides is 1. The second kappa shape index (κ2) is 10.8. The Balaban J connectivity index is 1.52. The number of oxazole rings is 1. The van der Waals surface area contributed by atoms with Crippen LogP contribution in [-0.4, -0.2) is 23.1 Å². The highest BCUT2D eigenvalue weighted by Crippen LogP contribution is 2.32. The summed E-state index contributed by atoms with van der Waals surface area (Å²) in [5.74, 6) is 1.18. The Morgan fingerprint density at radius 1 is 1.20 bits per heavy atom. The predicted molar refractivity (Wildman–Crippen MR) is 148 cm³/mol. The molecule has 3 aromatic carbocycles. The van der Waals surface area contributed by atoms with Crippen molar-refractivity contribution >= 4 is 67.6 Å². The zero-order chi connectivity index (χ0) is 25.1. The minimum absolute atomic E-state index is 0.108. The van der Waals surface area contributed by atoms with E-state index in [4.69, 9.17) is 33.0 Å². The maximum Gasteiger partial charge on any atom is 0.257 e. The summed E-state index contributed by atoms with van der Waals surface area (Å²) in [6.07, 6.45) is 1.05. The van der Waals surface area contributed by atoms with Gasteiger partial charge < -0.3 is 14.5 Å². The average Bonchev–Trinajstić information content (AvgIpc) is 3.28. The number of hydrogen-bond donors (Lipinski definition) is 2. The third-order valence-electron chi connectivity index (χ3n) is 5.70. The molecule has 9 heteroatoms. The number of methoxy groups -OCH3 is 1. The van der Waals surface area contributed by atoms with E-state index in [-0.39, 0.29) is 11.0 Å². The predicted octanol–water partition coefficient (Wildman–Crippen LogP) is 7.56. The van der Waals surface area contributed by atoms with Gasteiger partial charge in [0.1, 0.15) is 11.3 Å². The summed E-state index contributed by atoms with van der Waals surface area (Å²) in [6, 6.07) is 16.4. The Hall–Kier alpha value is -2.94. The molecule has 0 saturated heterocycles. The van der Waals surface area contributed by atoms with Crippen molar-refractivity contribution in [3.8, 4) is 17.2 Å². The fourth-order valence-corrected chi connectivity index (χ4v) is 4.41. The fraction of sp³-hybridized carbons (Fsp3) is 0.192. The smallest absolute Gasteiger partial charge is 0.257 e. The summed E-state index contributed by atoms with van der Waals surface area (Å²) in [4.78, 5) is 17.3. The van der Waals surface area contributed by atoms with Crippen molar-refractivity contribution in [1.29, 1.82) is 0 Å². The third-order valence-corrected chi connectivity index (χ3v) is 6.85. The monoisotopic (exact) mass is 571 g/mol. The molecule has 0 radical (unpaired) electrons. The maximum absolute atomic E-state index is 12.6. The van der Waals surface area contributed by atoms with E-state index in [1.54, 1.807) is 37.4 Å². The molecule has 1 amide bonds. The highest BCUT2D eigenvalue weighted by molar-refractivity contribution is 9.10. The summed E-state index contributed by atoms with van der Waals surface area (Å²) in [6.45, 7) is 4.35. The summed E-state index contributed by atoms with van der Waals surface area (Å²) in [7, 11) is 1.56. The number of ether oxygens (including phenoxy) is 1. The van der Waals surface area contributed by atoms with Gasteiger partial charge in [0, 0.05) is 11.1 Å². The van der Waals surface area contributed by atoms with Gasteiger partial charge in [-0.25, -0.2) is 4.98 Å². The van der Waals surface area contributed by atoms with Crippen molar-refractivity contribution in [3.63, 3.8) is 0 Å². The van der Waals surface area contributed by atoms with Crippen LogP contribution in [-0.2, 0) is 0 Å². The zero-order valence-corrected chi connectivity index (χ0v) is 22.5. The molecule has 4 rings (SSSR count). The van der Waals surface area contributed by atoms with Gasteiger partial charge in [0.25, 0.3) is 5.91 Å². The number of thiocarbonyl (C=S) groups is 1. The summed E-state index contributed by atoms with van der Waals surface area (Å²) in [5.41, 5.74) is 4.41. The molecular weight excluding hydrogens is 550 g/mol. The lowest BCUT2D eigenvalue weighted by molar-refractivity contribution is 0.0977. The van der Waals surface area contributed by atoms with Crippen LogP contribution >= 0.6 is 39.7 Å². The van der Waals surface area contributed by atoms with Crippen LogP contribution in [0.15, 0.2) is 63.5 Å². The van der Waals surface area contributed by atoms with Crippen molar-refractivity contribution in [3.05, 3.63) is 75.2 Å². The lowest BCUT2D eigenvalue weighted by Crippen LogP contribution is -2.34. The zero-order valence-electron chi connectivity index (χ0n) is 19.3. The minimum atomic E-state index is -0.366. The van der Waals surface area contributed by atoms with E-state index < -0.39 is 0 Å². The number of fused-ring (bicyclic) bond motifs is 1. The Labute approximate surface area is 222 Å². The molecule has 35 heavy (non-hydrogen) atoms. The van der Waals surface area contributed by atoms with Gasteiger partial charge >= 0.3 is 0 Å². The Kier molecular flexibility index (Phi) is 7.74. The fourth-order valence-electron chi connectivity index (χ4n) is 3.50. The number of aromatic nitrogens is 1. The number of anilines is 1. The van der Waals surface area contributed by atoms with Crippen molar-refractivity contribution in [1.82, 2.24) is 10.3 Å². The number of rotatable bonds is 6. The molecule has 6 nitrogen and oxygen atoms in total. The van der Waals surface area contributed by atoms with Crippen LogP contribution < -0.4 is 15.4 Å². The Bertz CT molecular complexity index is 1420. The summed E-state index contributed by atoms with van der Waals surface area (Å²) < 4.78 is 11.8. The molecule has 1 atom stereocenters. The normalized spacial score (nSPS) is 11.8. The molecular formula is C26H23BrClN3O3S. The number of nitrogens with zero attached hydrogens (tertiary/aromatic N) is 1. The molecule has 4 aromatic rings. The molecule has 0 aliphatic carbocycles. The molecule has 0 spiro atoms. The second-order valence-corrected chi connectivity index (χ2v) is 9.68. The van der Waals surface area contributed by atoms with Gasteiger partial charge in [-0.1, -0.05) is 31.5 Å². The van der Waals surface area contributed by atoms with Crippen LogP contribution in [0, 0.1) is 0 Å². The average molecular weight is 573 g/mol. The molecule has 180 valence electrons. The Morgan fingerprint density at radius 3 is 2.71 bits per heavy atom. The number of carbonyl (C=O) groups is 1. The van der Waals surface area contributed by atoms with Gasteiger partial charge in [0.05, 0.1) is 22.3 Å². The first-order valence-electron chi connectivity index (χ1n) is 10.9. The molecule has 0 fully saturated rings. The first-order chi connectivity index (χ1) is 16.8. The maximum atomic E-state index is 12.6. The van der Waals surface area contributed by atoms with Crippen molar-refractivity contribution < 1.29 is 13.9 Å². The number of nitrogens with one attached hydrogen (secondary N) is 2. The van der Waals surface area contributed by atoms with Crippen LogP contribution in [0.4, 0.5) is 5.69 Å². The number of benzene rings is 3. The van der Waals surface area contributed by atoms with Gasteiger partial charge in [-0.15, -0.1) is 0 Å². The molecule has 0 unspecified atom stereocenters. The lowest BCUT2D eigenvalue weighted by Gasteiger charge is -2.12. The SMILES string of the molecule is CC[C@@H](C)c1ccc2oc(-c3ccc(Cl)c(NC(=S)NC(=O)c4ccc(OC)c(Br)c4)c3)nc2c1. The molecule has 2 N–H and O–H groups in total. The van der Waals surface area contributed by atoms with Gasteiger partial charge in [0.15, 0.2) is 10.7 Å². The third kappa shape index (κ3) is 5.66. The number of carbonyl (C=O) groups excluding carboxylic acids is 1. The van der Waals surface area contributed by atoms with Crippen molar-refractivity contribution in [2.45, 2.75) is 26.2 Å². The number of halogens is 2. The topological polar surface area (TPSA) is 76.4 Å². The first-order valence-corrected chi connectivity index (χ1v) is 12.5. The van der Waals surface area contributed by atoms with E-state index in [1.807, 2.05) is 12.1 Å². The van der Waals surface area contributed by atoms with E-state index in [2.05, 4.69) is 57.5 Å². The van der Waals surface area contributed by atoms with Crippen molar-refractivity contribution in [2.24, 2.45) is 0 Å². The van der Waals surface area contributed by atoms with E-state index in [0.717, 1.165) is 17.5 Å². The van der Waals surface area contributed by atoms with Gasteiger partial charge in [-0.2, -0.15) is 0 Å². The largest absolute Gasteiger partial charge is 0.496 e. The van der Waals surface area contributed by atoms with Gasteiger partial charge in [0.2, 0.25) is 5.89 Å². The quantitative estimate of drug-likeness (QED) is 0.232. The lowest BCUT2D eigenvalue weighted by atomic mass is 9.98. The van der Waals surface area contributed by atoms with E-state index in [9.17, 15) is 4.79 Å². The number of hydrogen-bond acceptors (Lipinski definition) is 5. The van der Waals surface area contributed by atoms with Crippen LogP contribution in [0.5, 0.6) is 5.75 Å². The molecule has 1 aromatic heterocycles. The standard InChI is InChI=1S/C26H23BrClN3O3S/c1-4-14(2)15-6-10-23-21(12-15)29-25(34-23)17-5-8-19(28)20(13-17)30-26(35)31-24(32)16-7-9-22(33-3)18(27)11-16/h5-14H,4H2,1-3H3,(H2,30,31,32,35)/t14-/m1/s1. The van der Waals surface area contributed by atoms with Crippen LogP contribution in [0.25, 0.3) is 22.6 Å². The summed E-state index contributed by atoms with van der Waals surface area (Å²) >= 11 is 15.1. The highest BCUT2D eigenvalue weighted by Gasteiger charge is 2.15. The van der Waals surface area contributed by atoms with Crippen LogP contribution in [0.3, 0.4) is 0 Å². The van der Waals surface area contributed by atoms with Crippen LogP contribution in [0.1, 0.15) is 42.1 Å². The molecule has 0 bridgehead atoms. The van der Waals surface area contributed by atoms with Gasteiger partial charge in [-0.05, 0) is 94.6 Å². The second-order valence-electron chi connectivity index (χ2n) is 8.01. The Morgan fingerprint density at radius 2 is 2.00 bits per heavy atom. The summed E-state index contributed by atoms with van der Waals surface area (Å²) in [5, 5.41) is 6.19.